The lowest BCUT2D eigenvalue weighted by Gasteiger charge is -2.25. The molecule has 0 atom stereocenters. The first-order valence-corrected chi connectivity index (χ1v) is 20.5. The SMILES string of the molecule is CCN1\C(=C/C=C/C=C/C2=[N+](CCCCCC(=O)NCC(C)(C)CC)c3ccc(S(=O)(=O)O)cc3C2(C)C)C(C)(C)c2cc(S(=O)(=O)O)ccc21. The Balaban J connectivity index is 1.56. The van der Waals surface area contributed by atoms with Gasteiger partial charge < -0.3 is 10.2 Å². The van der Waals surface area contributed by atoms with Crippen LogP contribution in [0.5, 0.6) is 0 Å². The molecule has 0 aliphatic carbocycles. The van der Waals surface area contributed by atoms with Gasteiger partial charge in [0.2, 0.25) is 11.6 Å². The lowest BCUT2D eigenvalue weighted by Crippen LogP contribution is -2.33. The van der Waals surface area contributed by atoms with E-state index in [-0.39, 0.29) is 21.1 Å². The minimum atomic E-state index is -4.38. The molecule has 2 aliphatic heterocycles. The van der Waals surface area contributed by atoms with E-state index in [1.165, 1.54) is 12.1 Å². The van der Waals surface area contributed by atoms with Gasteiger partial charge in [0, 0.05) is 60.4 Å². The molecule has 2 aliphatic rings. The van der Waals surface area contributed by atoms with Crippen molar-refractivity contribution in [3.05, 3.63) is 83.6 Å². The third-order valence-corrected chi connectivity index (χ3v) is 12.1. The fraction of sp³-hybridized carbons (Fsp3) is 0.487. The van der Waals surface area contributed by atoms with E-state index in [4.69, 9.17) is 0 Å². The first-order valence-electron chi connectivity index (χ1n) is 17.6. The van der Waals surface area contributed by atoms with Crippen molar-refractivity contribution in [3.63, 3.8) is 0 Å². The van der Waals surface area contributed by atoms with Crippen LogP contribution in [0, 0.1) is 5.41 Å². The molecule has 4 rings (SSSR count). The fourth-order valence-electron chi connectivity index (χ4n) is 6.85. The number of anilines is 1. The first kappa shape index (κ1) is 40.2. The molecule has 2 aromatic rings. The summed E-state index contributed by atoms with van der Waals surface area (Å²) < 4.78 is 69.4. The standard InChI is InChI=1S/C39H53N3O7S2/c1-9-37(3,4)27-40-36(43)19-15-12-16-24-42-33-23-21-29(51(47,48)49)26-31(33)39(7,8)35(42)18-14-11-13-17-34-38(5,6)30-25-28(50(44,45)46)20-22-32(30)41(34)10-2/h11,13-14,17-18,20-23,25-26H,9-10,12,15-16,19,24,27H2,1-8H3,(H2-,40,43,44,45,46,47,48,49)/p+1. The summed E-state index contributed by atoms with van der Waals surface area (Å²) in [6.45, 7) is 18.5. The number of allylic oxidation sites excluding steroid dienone is 6. The Morgan fingerprint density at radius 1 is 0.863 bits per heavy atom. The normalized spacial score (nSPS) is 17.9. The number of benzene rings is 2. The number of nitrogens with one attached hydrogen (secondary N) is 1. The van der Waals surface area contributed by atoms with Gasteiger partial charge in [-0.2, -0.15) is 21.4 Å². The van der Waals surface area contributed by atoms with Crippen LogP contribution in [0.1, 0.15) is 98.6 Å². The summed E-state index contributed by atoms with van der Waals surface area (Å²) in [6.07, 6.45) is 13.7. The van der Waals surface area contributed by atoms with E-state index in [0.717, 1.165) is 59.6 Å². The molecule has 51 heavy (non-hydrogen) atoms. The zero-order chi connectivity index (χ0) is 38.0. The van der Waals surface area contributed by atoms with Gasteiger partial charge in [0.25, 0.3) is 20.2 Å². The summed E-state index contributed by atoms with van der Waals surface area (Å²) in [5, 5.41) is 3.05. The van der Waals surface area contributed by atoms with Crippen LogP contribution in [-0.4, -0.2) is 61.8 Å². The third-order valence-electron chi connectivity index (χ3n) is 10.4. The summed E-state index contributed by atoms with van der Waals surface area (Å²) in [4.78, 5) is 14.3. The van der Waals surface area contributed by atoms with Crippen LogP contribution in [0.2, 0.25) is 0 Å². The highest BCUT2D eigenvalue weighted by Gasteiger charge is 2.45. The highest BCUT2D eigenvalue weighted by atomic mass is 32.2. The number of unbranched alkanes of at least 4 members (excludes halogenated alkanes) is 2. The van der Waals surface area contributed by atoms with Crippen LogP contribution >= 0.6 is 0 Å². The number of likely N-dealkylation sites (N-methyl/N-ethyl adjacent to an activating group) is 1. The lowest BCUT2D eigenvalue weighted by atomic mass is 9.81. The number of nitrogens with zero attached hydrogens (tertiary/aromatic N) is 2. The Kier molecular flexibility index (Phi) is 12.0. The molecule has 0 saturated heterocycles. The van der Waals surface area contributed by atoms with Gasteiger partial charge in [0.1, 0.15) is 6.54 Å². The largest absolute Gasteiger partial charge is 0.356 e. The minimum Gasteiger partial charge on any atom is -0.356 e. The Morgan fingerprint density at radius 3 is 2.10 bits per heavy atom. The number of fused-ring (bicyclic) bond motifs is 2. The number of amides is 1. The van der Waals surface area contributed by atoms with Crippen molar-refractivity contribution >= 4 is 43.2 Å². The summed E-state index contributed by atoms with van der Waals surface area (Å²) in [6, 6.07) is 9.42. The third kappa shape index (κ3) is 8.90. The van der Waals surface area contributed by atoms with Crippen molar-refractivity contribution in [1.29, 1.82) is 0 Å². The second-order valence-corrected chi connectivity index (χ2v) is 18.1. The average molecular weight is 741 g/mol. The van der Waals surface area contributed by atoms with E-state index < -0.39 is 31.1 Å². The predicted molar refractivity (Wildman–Crippen MR) is 203 cm³/mol. The first-order chi connectivity index (χ1) is 23.6. The van der Waals surface area contributed by atoms with Crippen molar-refractivity contribution in [2.45, 2.75) is 108 Å². The average Bonchev–Trinajstić information content (AvgIpc) is 3.40. The van der Waals surface area contributed by atoms with Gasteiger partial charge >= 0.3 is 0 Å². The van der Waals surface area contributed by atoms with E-state index in [1.54, 1.807) is 24.3 Å². The van der Waals surface area contributed by atoms with Crippen molar-refractivity contribution in [1.82, 2.24) is 5.32 Å². The molecule has 10 nitrogen and oxygen atoms in total. The number of hydrogen-bond acceptors (Lipinski definition) is 6. The molecule has 2 heterocycles. The number of hydrogen-bond donors (Lipinski definition) is 3. The van der Waals surface area contributed by atoms with Gasteiger partial charge in [-0.25, -0.2) is 0 Å². The van der Waals surface area contributed by atoms with Crippen LogP contribution in [0.25, 0.3) is 0 Å². The molecule has 278 valence electrons. The smallest absolute Gasteiger partial charge is 0.294 e. The number of carbonyl (C=O) groups excluding carboxylic acids is 1. The van der Waals surface area contributed by atoms with E-state index >= 15 is 0 Å². The Labute approximate surface area is 304 Å². The fourth-order valence-corrected chi connectivity index (χ4v) is 7.87. The molecule has 0 unspecified atom stereocenters. The molecule has 3 N–H and O–H groups in total. The van der Waals surface area contributed by atoms with Crippen LogP contribution in [0.3, 0.4) is 0 Å². The van der Waals surface area contributed by atoms with Crippen LogP contribution in [0.4, 0.5) is 11.4 Å². The monoisotopic (exact) mass is 740 g/mol. The molecule has 0 spiro atoms. The second-order valence-electron chi connectivity index (χ2n) is 15.2. The molecule has 0 fully saturated rings. The second kappa shape index (κ2) is 15.2. The van der Waals surface area contributed by atoms with Gasteiger partial charge in [0.15, 0.2) is 5.71 Å². The van der Waals surface area contributed by atoms with E-state index in [2.05, 4.69) is 35.6 Å². The van der Waals surface area contributed by atoms with Gasteiger partial charge in [-0.05, 0) is 87.4 Å². The van der Waals surface area contributed by atoms with E-state index in [0.29, 0.717) is 26.1 Å². The molecule has 0 bridgehead atoms. The van der Waals surface area contributed by atoms with E-state index in [9.17, 15) is 30.7 Å². The topological polar surface area (TPSA) is 144 Å². The Morgan fingerprint density at radius 2 is 1.49 bits per heavy atom. The molecule has 1 amide bonds. The van der Waals surface area contributed by atoms with Crippen molar-refractivity contribution < 1.29 is 35.3 Å². The quantitative estimate of drug-likeness (QED) is 0.0738. The number of rotatable bonds is 15. The van der Waals surface area contributed by atoms with Crippen LogP contribution < -0.4 is 10.2 Å². The van der Waals surface area contributed by atoms with Gasteiger partial charge in [-0.3, -0.25) is 13.9 Å². The minimum absolute atomic E-state index is 0.0636. The molecule has 0 radical (unpaired) electrons. The van der Waals surface area contributed by atoms with Gasteiger partial charge in [-0.1, -0.05) is 52.8 Å². The molecule has 0 aromatic heterocycles. The van der Waals surface area contributed by atoms with Crippen LogP contribution in [-0.2, 0) is 35.9 Å². The lowest BCUT2D eigenvalue weighted by molar-refractivity contribution is -0.438. The maximum absolute atomic E-state index is 12.4. The molecular formula is C39H54N3O7S2+. The summed E-state index contributed by atoms with van der Waals surface area (Å²) in [5.74, 6) is 0.0636. The highest BCUT2D eigenvalue weighted by molar-refractivity contribution is 7.86. The maximum atomic E-state index is 12.4. The van der Waals surface area contributed by atoms with Crippen molar-refractivity contribution in [3.8, 4) is 0 Å². The van der Waals surface area contributed by atoms with Gasteiger partial charge in [-0.15, -0.1) is 0 Å². The Hall–Kier alpha value is -3.58. The zero-order valence-corrected chi connectivity index (χ0v) is 32.8. The molecular weight excluding hydrogens is 687 g/mol. The van der Waals surface area contributed by atoms with Gasteiger partial charge in [0.05, 0.1) is 15.2 Å². The van der Waals surface area contributed by atoms with Crippen molar-refractivity contribution in [2.75, 3.05) is 24.5 Å². The van der Waals surface area contributed by atoms with E-state index in [1.807, 2.05) is 65.0 Å². The van der Waals surface area contributed by atoms with Crippen LogP contribution in [0.15, 0.2) is 82.3 Å². The Bertz CT molecular complexity index is 2000. The number of carbonyl (C=O) groups is 1. The highest BCUT2D eigenvalue weighted by Crippen LogP contribution is 2.48. The molecule has 2 aromatic carbocycles. The molecule has 0 saturated carbocycles. The summed E-state index contributed by atoms with van der Waals surface area (Å²) in [7, 11) is -8.72. The summed E-state index contributed by atoms with van der Waals surface area (Å²) >= 11 is 0. The van der Waals surface area contributed by atoms with Crippen molar-refractivity contribution in [2.24, 2.45) is 5.41 Å². The zero-order valence-electron chi connectivity index (χ0n) is 31.2. The molecule has 12 heteroatoms. The predicted octanol–water partition coefficient (Wildman–Crippen LogP) is 7.48. The maximum Gasteiger partial charge on any atom is 0.294 e. The summed E-state index contributed by atoms with van der Waals surface area (Å²) in [5.41, 5.74) is 4.34.